The van der Waals surface area contributed by atoms with Gasteiger partial charge in [-0.05, 0) is 0 Å². The van der Waals surface area contributed by atoms with E-state index in [1.165, 1.54) is 0 Å². The molecule has 0 aliphatic carbocycles. The van der Waals surface area contributed by atoms with E-state index < -0.39 is 0 Å². The average Bonchev–Trinajstić information content (AvgIpc) is 2.85. The summed E-state index contributed by atoms with van der Waals surface area (Å²) in [7, 11) is 0. The van der Waals surface area contributed by atoms with Crippen molar-refractivity contribution >= 4 is 23.6 Å². The minimum Gasteiger partial charge on any atom is -0.355 e. The van der Waals surface area contributed by atoms with Crippen LogP contribution in [0.3, 0.4) is 0 Å². The first-order chi connectivity index (χ1) is 16.9. The Hall–Kier alpha value is -2.36. The van der Waals surface area contributed by atoms with Gasteiger partial charge in [-0.15, -0.1) is 0 Å². The van der Waals surface area contributed by atoms with Gasteiger partial charge in [-0.1, -0.05) is 0 Å². The molecular formula is C21H46N10O4. The number of carbonyl (C=O) groups is 4. The standard InChI is InChI=1S/C21H46N10O4/c22-4-8-26-18(32)1-12-30(13-2-19(33)27-9-5-23)15-16-31(17-21(35)29-11-7-25)14-3-20(34)28-10-6-24/h1-17,22-25H2,(H,26,32)(H,27,33)(H,28,34)(H,29,35). The number of carbonyl (C=O) groups excluding carboxylic acids is 4. The maximum absolute atomic E-state index is 12.2. The minimum absolute atomic E-state index is 0.103. The van der Waals surface area contributed by atoms with Crippen LogP contribution in [0, 0.1) is 0 Å². The van der Waals surface area contributed by atoms with E-state index in [1.807, 2.05) is 9.80 Å². The maximum Gasteiger partial charge on any atom is 0.234 e. The highest BCUT2D eigenvalue weighted by atomic mass is 16.2. The van der Waals surface area contributed by atoms with Crippen molar-refractivity contribution in [2.45, 2.75) is 19.3 Å². The Labute approximate surface area is 208 Å². The predicted octanol–water partition coefficient (Wildman–Crippen LogP) is -4.94. The van der Waals surface area contributed by atoms with Crippen molar-refractivity contribution < 1.29 is 19.2 Å². The molecule has 0 heterocycles. The van der Waals surface area contributed by atoms with Gasteiger partial charge in [0.15, 0.2) is 0 Å². The van der Waals surface area contributed by atoms with Crippen molar-refractivity contribution in [2.24, 2.45) is 22.9 Å². The number of hydrogen-bond donors (Lipinski definition) is 8. The fraction of sp³-hybridized carbons (Fsp3) is 0.810. The normalized spacial score (nSPS) is 10.9. The zero-order valence-corrected chi connectivity index (χ0v) is 20.9. The molecule has 0 saturated carbocycles. The summed E-state index contributed by atoms with van der Waals surface area (Å²) in [5.41, 5.74) is 21.7. The number of nitrogens with zero attached hydrogens (tertiary/aromatic N) is 2. The molecule has 14 heteroatoms. The van der Waals surface area contributed by atoms with Gasteiger partial charge in [-0.3, -0.25) is 24.1 Å². The average molecular weight is 503 g/mol. The van der Waals surface area contributed by atoms with Crippen LogP contribution in [0.5, 0.6) is 0 Å². The van der Waals surface area contributed by atoms with E-state index in [9.17, 15) is 19.2 Å². The zero-order valence-electron chi connectivity index (χ0n) is 20.9. The topological polar surface area (TPSA) is 227 Å². The number of nitrogens with two attached hydrogens (primary N) is 4. The SMILES string of the molecule is NCCNC(=O)CCN(CCC(=O)NCCN)CCN(CCC(=O)NCCN)CC(=O)NCCN. The third-order valence-corrected chi connectivity index (χ3v) is 4.93. The lowest BCUT2D eigenvalue weighted by Crippen LogP contribution is -2.44. The van der Waals surface area contributed by atoms with Gasteiger partial charge < -0.3 is 49.1 Å². The van der Waals surface area contributed by atoms with E-state index in [0.717, 1.165) is 0 Å². The molecule has 0 fully saturated rings. The highest BCUT2D eigenvalue weighted by Crippen LogP contribution is 2.00. The van der Waals surface area contributed by atoms with Crippen LogP contribution in [0.25, 0.3) is 0 Å². The molecule has 204 valence electrons. The van der Waals surface area contributed by atoms with Crippen molar-refractivity contribution in [3.05, 3.63) is 0 Å². The molecule has 0 bridgehead atoms. The Morgan fingerprint density at radius 1 is 0.457 bits per heavy atom. The third kappa shape index (κ3) is 19.6. The summed E-state index contributed by atoms with van der Waals surface area (Å²) < 4.78 is 0. The van der Waals surface area contributed by atoms with Crippen molar-refractivity contribution in [2.75, 3.05) is 91.6 Å². The van der Waals surface area contributed by atoms with Gasteiger partial charge in [0.1, 0.15) is 0 Å². The summed E-state index contributed by atoms with van der Waals surface area (Å²) in [5, 5.41) is 10.9. The lowest BCUT2D eigenvalue weighted by Gasteiger charge is -2.27. The fourth-order valence-corrected chi connectivity index (χ4v) is 3.04. The van der Waals surface area contributed by atoms with Crippen molar-refractivity contribution in [3.63, 3.8) is 0 Å². The van der Waals surface area contributed by atoms with Crippen LogP contribution in [0.1, 0.15) is 19.3 Å². The molecule has 35 heavy (non-hydrogen) atoms. The Balaban J connectivity index is 5.00. The predicted molar refractivity (Wildman–Crippen MR) is 135 cm³/mol. The highest BCUT2D eigenvalue weighted by Gasteiger charge is 2.16. The molecular weight excluding hydrogens is 456 g/mol. The second kappa shape index (κ2) is 22.1. The lowest BCUT2D eigenvalue weighted by molar-refractivity contribution is -0.124. The summed E-state index contributed by atoms with van der Waals surface area (Å²) >= 11 is 0. The Kier molecular flexibility index (Phi) is 20.6. The first-order valence-electron chi connectivity index (χ1n) is 12.2. The van der Waals surface area contributed by atoms with Crippen LogP contribution in [-0.4, -0.2) is 125 Å². The smallest absolute Gasteiger partial charge is 0.234 e. The van der Waals surface area contributed by atoms with Crippen LogP contribution in [0.4, 0.5) is 0 Å². The van der Waals surface area contributed by atoms with Gasteiger partial charge in [0.25, 0.3) is 0 Å². The molecule has 0 saturated heterocycles. The van der Waals surface area contributed by atoms with Gasteiger partial charge in [0, 0.05) is 104 Å². The van der Waals surface area contributed by atoms with Gasteiger partial charge in [0.2, 0.25) is 23.6 Å². The van der Waals surface area contributed by atoms with Crippen LogP contribution in [0.2, 0.25) is 0 Å². The first kappa shape index (κ1) is 32.6. The van der Waals surface area contributed by atoms with Crippen LogP contribution < -0.4 is 44.2 Å². The summed E-state index contributed by atoms with van der Waals surface area (Å²) in [6, 6.07) is 0. The molecule has 0 unspecified atom stereocenters. The first-order valence-corrected chi connectivity index (χ1v) is 12.2. The van der Waals surface area contributed by atoms with E-state index in [1.54, 1.807) is 0 Å². The summed E-state index contributed by atoms with van der Waals surface area (Å²) in [4.78, 5) is 52.1. The van der Waals surface area contributed by atoms with E-state index in [-0.39, 0.29) is 49.4 Å². The van der Waals surface area contributed by atoms with Gasteiger partial charge in [-0.2, -0.15) is 0 Å². The van der Waals surface area contributed by atoms with E-state index >= 15 is 0 Å². The molecule has 4 amide bonds. The molecule has 0 rings (SSSR count). The van der Waals surface area contributed by atoms with Gasteiger partial charge in [0.05, 0.1) is 6.54 Å². The third-order valence-electron chi connectivity index (χ3n) is 4.93. The number of amides is 4. The quantitative estimate of drug-likeness (QED) is 0.0703. The van der Waals surface area contributed by atoms with Crippen molar-refractivity contribution in [3.8, 4) is 0 Å². The Bertz CT molecular complexity index is 585. The molecule has 0 aliphatic heterocycles. The zero-order chi connectivity index (χ0) is 26.3. The van der Waals surface area contributed by atoms with E-state index in [2.05, 4.69) is 21.3 Å². The van der Waals surface area contributed by atoms with E-state index in [4.69, 9.17) is 22.9 Å². The molecule has 0 atom stereocenters. The Morgan fingerprint density at radius 3 is 1.14 bits per heavy atom. The number of rotatable bonds is 22. The fourth-order valence-electron chi connectivity index (χ4n) is 3.04. The molecule has 0 spiro atoms. The second-order valence-electron chi connectivity index (χ2n) is 7.92. The largest absolute Gasteiger partial charge is 0.355 e. The summed E-state index contributed by atoms with van der Waals surface area (Å²) in [6.07, 6.45) is 0.721. The van der Waals surface area contributed by atoms with Crippen LogP contribution in [0.15, 0.2) is 0 Å². The number of hydrogen-bond acceptors (Lipinski definition) is 10. The minimum atomic E-state index is -0.188. The molecule has 0 aromatic carbocycles. The monoisotopic (exact) mass is 502 g/mol. The molecule has 0 radical (unpaired) electrons. The lowest BCUT2D eigenvalue weighted by atomic mass is 10.2. The van der Waals surface area contributed by atoms with Crippen molar-refractivity contribution in [1.82, 2.24) is 31.1 Å². The van der Waals surface area contributed by atoms with Gasteiger partial charge >= 0.3 is 0 Å². The van der Waals surface area contributed by atoms with Crippen molar-refractivity contribution in [1.29, 1.82) is 0 Å². The Morgan fingerprint density at radius 2 is 0.771 bits per heavy atom. The summed E-state index contributed by atoms with van der Waals surface area (Å²) in [6.45, 7) is 5.27. The highest BCUT2D eigenvalue weighted by molar-refractivity contribution is 5.78. The van der Waals surface area contributed by atoms with Crippen LogP contribution in [-0.2, 0) is 19.2 Å². The summed E-state index contributed by atoms with van der Waals surface area (Å²) in [5.74, 6) is -0.579. The van der Waals surface area contributed by atoms with Crippen LogP contribution >= 0.6 is 0 Å². The molecule has 0 aromatic rings. The molecule has 14 nitrogen and oxygen atoms in total. The number of nitrogens with one attached hydrogen (secondary N) is 4. The molecule has 0 aromatic heterocycles. The second-order valence-corrected chi connectivity index (χ2v) is 7.92. The molecule has 0 aliphatic rings. The van der Waals surface area contributed by atoms with E-state index in [0.29, 0.717) is 85.1 Å². The maximum atomic E-state index is 12.2. The van der Waals surface area contributed by atoms with Gasteiger partial charge in [-0.25, -0.2) is 0 Å². The molecule has 12 N–H and O–H groups in total.